The van der Waals surface area contributed by atoms with Crippen LogP contribution in [0.1, 0.15) is 22.3 Å². The van der Waals surface area contributed by atoms with Crippen LogP contribution in [0.15, 0.2) is 41.3 Å². The van der Waals surface area contributed by atoms with Gasteiger partial charge in [0, 0.05) is 6.42 Å². The third kappa shape index (κ3) is 5.85. The summed E-state index contributed by atoms with van der Waals surface area (Å²) < 4.78 is 49.9. The van der Waals surface area contributed by atoms with Crippen LogP contribution in [0.5, 0.6) is 17.2 Å². The number of hydrogen-bond donors (Lipinski definition) is 0. The maximum atomic E-state index is 12.3. The Labute approximate surface area is 170 Å². The first kappa shape index (κ1) is 22.5. The van der Waals surface area contributed by atoms with E-state index >= 15 is 0 Å². The van der Waals surface area contributed by atoms with E-state index in [9.17, 15) is 13.2 Å². The number of methoxy groups -OCH3 is 3. The molecule has 0 aliphatic rings. The predicted octanol–water partition coefficient (Wildman–Crippen LogP) is 2.97. The van der Waals surface area contributed by atoms with E-state index in [1.54, 1.807) is 12.1 Å². The van der Waals surface area contributed by atoms with Crippen LogP contribution >= 0.6 is 0 Å². The topological polar surface area (TPSA) is 97.4 Å². The van der Waals surface area contributed by atoms with Crippen molar-refractivity contribution in [3.63, 3.8) is 0 Å². The minimum Gasteiger partial charge on any atom is -0.493 e. The maximum absolute atomic E-state index is 12.3. The molecule has 0 heterocycles. The number of rotatable bonds is 10. The van der Waals surface area contributed by atoms with Gasteiger partial charge in [0.2, 0.25) is 5.75 Å². The van der Waals surface area contributed by atoms with Crippen molar-refractivity contribution in [3.8, 4) is 17.2 Å². The van der Waals surface area contributed by atoms with E-state index in [4.69, 9.17) is 23.1 Å². The Bertz CT molecular complexity index is 910. The molecule has 0 N–H and O–H groups in total. The summed E-state index contributed by atoms with van der Waals surface area (Å²) in [5, 5.41) is 0. The molecule has 0 radical (unpaired) electrons. The zero-order chi connectivity index (χ0) is 21.4. The van der Waals surface area contributed by atoms with Gasteiger partial charge < -0.3 is 18.9 Å². The Morgan fingerprint density at radius 1 is 0.897 bits per heavy atom. The summed E-state index contributed by atoms with van der Waals surface area (Å²) in [5.41, 5.74) is 1.16. The van der Waals surface area contributed by atoms with Gasteiger partial charge in [-0.1, -0.05) is 17.7 Å². The number of esters is 1. The fourth-order valence-electron chi connectivity index (χ4n) is 2.45. The van der Waals surface area contributed by atoms with Crippen LogP contribution in [0.3, 0.4) is 0 Å². The van der Waals surface area contributed by atoms with Crippen molar-refractivity contribution in [2.24, 2.45) is 0 Å². The monoisotopic (exact) mass is 424 g/mol. The van der Waals surface area contributed by atoms with Gasteiger partial charge in [-0.25, -0.2) is 4.79 Å². The van der Waals surface area contributed by atoms with Gasteiger partial charge in [0.1, 0.15) is 0 Å². The van der Waals surface area contributed by atoms with Crippen molar-refractivity contribution in [2.45, 2.75) is 18.2 Å². The number of hydrogen-bond acceptors (Lipinski definition) is 8. The van der Waals surface area contributed by atoms with E-state index in [0.29, 0.717) is 17.2 Å². The molecule has 158 valence electrons. The molecule has 0 saturated heterocycles. The molecule has 0 bridgehead atoms. The quantitative estimate of drug-likeness (QED) is 0.326. The van der Waals surface area contributed by atoms with E-state index < -0.39 is 16.1 Å². The number of aryl methyl sites for hydroxylation is 1. The number of carbonyl (C=O) groups excluding carboxylic acids is 1. The van der Waals surface area contributed by atoms with Gasteiger partial charge in [-0.15, -0.1) is 0 Å². The smallest absolute Gasteiger partial charge is 0.338 e. The summed E-state index contributed by atoms with van der Waals surface area (Å²) in [4.78, 5) is 12.3. The first-order chi connectivity index (χ1) is 13.8. The molecule has 2 aromatic rings. The molecular weight excluding hydrogens is 400 g/mol. The highest BCUT2D eigenvalue weighted by Crippen LogP contribution is 2.38. The Morgan fingerprint density at radius 3 is 2.00 bits per heavy atom. The van der Waals surface area contributed by atoms with Crippen molar-refractivity contribution in [1.29, 1.82) is 0 Å². The first-order valence-electron chi connectivity index (χ1n) is 8.75. The van der Waals surface area contributed by atoms with Crippen LogP contribution in [0.25, 0.3) is 0 Å². The van der Waals surface area contributed by atoms with Gasteiger partial charge in [-0.3, -0.25) is 4.18 Å². The molecular formula is C20H24O8S. The van der Waals surface area contributed by atoms with Gasteiger partial charge in [-0.2, -0.15) is 8.42 Å². The van der Waals surface area contributed by atoms with E-state index in [1.807, 2.05) is 6.92 Å². The van der Waals surface area contributed by atoms with Crippen LogP contribution in [-0.2, 0) is 19.0 Å². The second kappa shape index (κ2) is 10.1. The Kier molecular flexibility index (Phi) is 7.86. The van der Waals surface area contributed by atoms with Crippen LogP contribution < -0.4 is 14.2 Å². The Hall–Kier alpha value is -2.78. The SMILES string of the molecule is COc1cc(C(=O)OCCCOS(=O)(=O)c2ccc(C)cc2)cc(OC)c1OC. The fraction of sp³-hybridized carbons (Fsp3) is 0.350. The van der Waals surface area contributed by atoms with Gasteiger partial charge in [0.15, 0.2) is 11.5 Å². The second-order valence-corrected chi connectivity index (χ2v) is 7.61. The van der Waals surface area contributed by atoms with Gasteiger partial charge in [0.25, 0.3) is 10.1 Å². The van der Waals surface area contributed by atoms with Crippen LogP contribution in [0.2, 0.25) is 0 Å². The second-order valence-electron chi connectivity index (χ2n) is 5.99. The Balaban J connectivity index is 1.89. The van der Waals surface area contributed by atoms with Crippen molar-refractivity contribution in [1.82, 2.24) is 0 Å². The molecule has 2 rings (SSSR count). The maximum Gasteiger partial charge on any atom is 0.338 e. The molecule has 0 aliphatic carbocycles. The molecule has 0 amide bonds. The minimum atomic E-state index is -3.84. The fourth-order valence-corrected chi connectivity index (χ4v) is 3.39. The summed E-state index contributed by atoms with van der Waals surface area (Å²) >= 11 is 0. The minimum absolute atomic E-state index is 0.0150. The lowest BCUT2D eigenvalue weighted by atomic mass is 10.2. The first-order valence-corrected chi connectivity index (χ1v) is 10.2. The third-order valence-electron chi connectivity index (χ3n) is 3.97. The molecule has 0 saturated carbocycles. The van der Waals surface area contributed by atoms with Gasteiger partial charge in [-0.05, 0) is 31.2 Å². The highest BCUT2D eigenvalue weighted by atomic mass is 32.2. The summed E-state index contributed by atoms with van der Waals surface area (Å²) in [5.74, 6) is 0.407. The van der Waals surface area contributed by atoms with Crippen molar-refractivity contribution in [2.75, 3.05) is 34.5 Å². The van der Waals surface area contributed by atoms with E-state index in [0.717, 1.165) is 5.56 Å². The molecule has 0 unspecified atom stereocenters. The highest BCUT2D eigenvalue weighted by molar-refractivity contribution is 7.86. The standard InChI is InChI=1S/C20H24O8S/c1-14-6-8-16(9-7-14)29(22,23)28-11-5-10-27-20(21)15-12-17(24-2)19(26-4)18(13-15)25-3/h6-9,12-13H,5,10-11H2,1-4H3. The molecule has 0 spiro atoms. The van der Waals surface area contributed by atoms with Crippen LogP contribution in [0, 0.1) is 6.92 Å². The number of carbonyl (C=O) groups is 1. The van der Waals surface area contributed by atoms with Crippen molar-refractivity contribution >= 4 is 16.1 Å². The number of ether oxygens (including phenoxy) is 4. The third-order valence-corrected chi connectivity index (χ3v) is 5.30. The lowest BCUT2D eigenvalue weighted by Gasteiger charge is -2.13. The lowest BCUT2D eigenvalue weighted by molar-refractivity contribution is 0.0486. The van der Waals surface area contributed by atoms with Crippen LogP contribution in [0.4, 0.5) is 0 Å². The molecule has 29 heavy (non-hydrogen) atoms. The molecule has 2 aromatic carbocycles. The van der Waals surface area contributed by atoms with Crippen molar-refractivity contribution < 1.29 is 36.3 Å². The number of benzene rings is 2. The van der Waals surface area contributed by atoms with E-state index in [2.05, 4.69) is 0 Å². The summed E-state index contributed by atoms with van der Waals surface area (Å²) in [6.45, 7) is 1.73. The molecule has 0 fully saturated rings. The summed E-state index contributed by atoms with van der Waals surface area (Å²) in [6.07, 6.45) is 0.210. The average Bonchev–Trinajstić information content (AvgIpc) is 2.72. The lowest BCUT2D eigenvalue weighted by Crippen LogP contribution is -2.12. The molecule has 0 aliphatic heterocycles. The van der Waals surface area contributed by atoms with Gasteiger partial charge >= 0.3 is 5.97 Å². The predicted molar refractivity (Wildman–Crippen MR) is 105 cm³/mol. The molecule has 0 aromatic heterocycles. The zero-order valence-electron chi connectivity index (χ0n) is 16.8. The molecule has 9 heteroatoms. The normalized spacial score (nSPS) is 11.0. The highest BCUT2D eigenvalue weighted by Gasteiger charge is 2.18. The summed E-state index contributed by atoms with van der Waals surface area (Å²) in [6, 6.07) is 9.29. The zero-order valence-corrected chi connectivity index (χ0v) is 17.6. The van der Waals surface area contributed by atoms with E-state index in [-0.39, 0.29) is 30.1 Å². The molecule has 8 nitrogen and oxygen atoms in total. The Morgan fingerprint density at radius 2 is 1.48 bits per heavy atom. The average molecular weight is 424 g/mol. The van der Waals surface area contributed by atoms with E-state index in [1.165, 1.54) is 45.6 Å². The summed E-state index contributed by atoms with van der Waals surface area (Å²) in [7, 11) is 0.504. The van der Waals surface area contributed by atoms with Crippen LogP contribution in [-0.4, -0.2) is 48.9 Å². The van der Waals surface area contributed by atoms with Crippen molar-refractivity contribution in [3.05, 3.63) is 47.5 Å². The molecule has 0 atom stereocenters. The van der Waals surface area contributed by atoms with Gasteiger partial charge in [0.05, 0.1) is 45.0 Å². The largest absolute Gasteiger partial charge is 0.493 e.